The van der Waals surface area contributed by atoms with Crippen molar-refractivity contribution in [2.45, 2.75) is 20.3 Å². The van der Waals surface area contributed by atoms with Gasteiger partial charge in [-0.1, -0.05) is 26.4 Å². The molecule has 0 aromatic heterocycles. The van der Waals surface area contributed by atoms with Crippen LogP contribution in [0.1, 0.15) is 20.3 Å². The van der Waals surface area contributed by atoms with Crippen LogP contribution in [0.3, 0.4) is 0 Å². The predicted molar refractivity (Wildman–Crippen MR) is 38.3 cm³/mol. The Balaban J connectivity index is 0. The van der Waals surface area contributed by atoms with Gasteiger partial charge in [0.15, 0.2) is 0 Å². The molecule has 0 aliphatic carbocycles. The fourth-order valence-electron chi connectivity index (χ4n) is 0.144. The number of hydrogen-bond acceptors (Lipinski definition) is 0. The maximum atomic E-state index is 3.99. The van der Waals surface area contributed by atoms with E-state index in [2.05, 4.69) is 30.0 Å². The molecule has 0 heterocycles. The Morgan fingerprint density at radius 2 is 2.00 bits per heavy atom. The van der Waals surface area contributed by atoms with Gasteiger partial charge in [-0.3, -0.25) is 0 Å². The Morgan fingerprint density at radius 3 is 2.00 bits per heavy atom. The molecule has 0 bridgehead atoms. The van der Waals surface area contributed by atoms with Crippen LogP contribution in [0.5, 0.6) is 0 Å². The van der Waals surface area contributed by atoms with Crippen molar-refractivity contribution >= 4 is 9.24 Å². The third-order valence-corrected chi connectivity index (χ3v) is 2.33. The summed E-state index contributed by atoms with van der Waals surface area (Å²) in [5, 5.41) is 0. The monoisotopic (exact) mass is 156 g/mol. The first kappa shape index (κ1) is 12.7. The first-order valence-corrected chi connectivity index (χ1v) is 3.49. The van der Waals surface area contributed by atoms with Crippen molar-refractivity contribution in [1.29, 1.82) is 0 Å². The van der Waals surface area contributed by atoms with Crippen molar-refractivity contribution in [2.24, 2.45) is 5.41 Å². The van der Waals surface area contributed by atoms with Crippen molar-refractivity contribution in [3.63, 3.8) is 0 Å². The molecular weight excluding hydrogens is 142 g/mol. The zero-order chi connectivity index (χ0) is 5.91. The molecule has 0 saturated heterocycles. The van der Waals surface area contributed by atoms with E-state index in [1.54, 1.807) is 0 Å². The minimum absolute atomic E-state index is 0. The minimum Gasteiger partial charge on any atom is -0.337 e. The Hall–Kier alpha value is 2.07. The summed E-state index contributed by atoms with van der Waals surface area (Å²) in [6.45, 7) is 8.32. The summed E-state index contributed by atoms with van der Waals surface area (Å²) in [5.74, 6) is 0. The summed E-state index contributed by atoms with van der Waals surface area (Å²) in [4.78, 5) is 0. The number of hydrogen-bond donors (Lipinski definition) is 0. The van der Waals surface area contributed by atoms with E-state index in [9.17, 15) is 0 Å². The quantitative estimate of drug-likeness (QED) is 0.277. The van der Waals surface area contributed by atoms with Crippen LogP contribution in [-0.2, 0) is 0 Å². The van der Waals surface area contributed by atoms with Crippen molar-refractivity contribution in [1.82, 2.24) is 0 Å². The second kappa shape index (κ2) is 5.82. The van der Waals surface area contributed by atoms with Gasteiger partial charge in [-0.2, -0.15) is 5.41 Å². The van der Waals surface area contributed by atoms with Crippen LogP contribution in [0.25, 0.3) is 0 Å². The zero-order valence-corrected chi connectivity index (χ0v) is 10.5. The maximum Gasteiger partial charge on any atom is 1.00 e. The third kappa shape index (κ3) is 6.19. The van der Waals surface area contributed by atoms with E-state index in [0.717, 1.165) is 12.6 Å². The molecule has 0 saturated carbocycles. The Bertz CT molecular complexity index is 46.5. The first-order valence-electron chi connectivity index (χ1n) is 2.68. The van der Waals surface area contributed by atoms with Gasteiger partial charge in [0.2, 0.25) is 0 Å². The molecule has 0 radical (unpaired) electrons. The molecule has 0 rings (SSSR count). The van der Waals surface area contributed by atoms with Crippen LogP contribution in [0, 0.1) is 12.3 Å². The molecule has 0 spiro atoms. The average molecular weight is 156 g/mol. The van der Waals surface area contributed by atoms with Crippen LogP contribution >= 0.6 is 9.24 Å². The largest absolute Gasteiger partial charge is 1.00 e. The molecule has 0 fully saturated rings. The van der Waals surface area contributed by atoms with Gasteiger partial charge in [-0.05, 0) is 0 Å². The van der Waals surface area contributed by atoms with Crippen molar-refractivity contribution < 1.29 is 51.4 Å². The molecule has 2 heteroatoms. The maximum absolute atomic E-state index is 3.99. The molecule has 0 amide bonds. The molecule has 0 N–H and O–H groups in total. The van der Waals surface area contributed by atoms with E-state index in [1.165, 1.54) is 0 Å². The summed E-state index contributed by atoms with van der Waals surface area (Å²) in [6.07, 6.45) is 2.26. The average Bonchev–Trinajstić information content (AvgIpc) is 1.68. The third-order valence-electron chi connectivity index (χ3n) is 1.35. The van der Waals surface area contributed by atoms with E-state index < -0.39 is 0 Å². The van der Waals surface area contributed by atoms with Crippen LogP contribution in [0.4, 0.5) is 0 Å². The SMILES string of the molecule is [CH2-]C(C)(CC)CP.[K+]. The van der Waals surface area contributed by atoms with Gasteiger partial charge >= 0.3 is 51.4 Å². The zero-order valence-electron chi connectivity index (χ0n) is 6.20. The molecule has 8 heavy (non-hydrogen) atoms. The van der Waals surface area contributed by atoms with Crippen LogP contribution in [-0.4, -0.2) is 6.16 Å². The van der Waals surface area contributed by atoms with Gasteiger partial charge in [-0.25, -0.2) is 0 Å². The van der Waals surface area contributed by atoms with Crippen LogP contribution < -0.4 is 51.4 Å². The van der Waals surface area contributed by atoms with Crippen LogP contribution in [0.2, 0.25) is 0 Å². The van der Waals surface area contributed by atoms with Gasteiger partial charge in [-0.15, -0.1) is 9.24 Å². The van der Waals surface area contributed by atoms with Crippen LogP contribution in [0.15, 0.2) is 0 Å². The van der Waals surface area contributed by atoms with Crippen molar-refractivity contribution in [3.8, 4) is 0 Å². The Kier molecular flexibility index (Phi) is 9.25. The van der Waals surface area contributed by atoms with Gasteiger partial charge in [0.1, 0.15) is 0 Å². The van der Waals surface area contributed by atoms with E-state index in [0.29, 0.717) is 5.41 Å². The Morgan fingerprint density at radius 1 is 1.62 bits per heavy atom. The molecule has 44 valence electrons. The summed E-state index contributed by atoms with van der Waals surface area (Å²) in [7, 11) is 2.71. The van der Waals surface area contributed by atoms with Crippen molar-refractivity contribution in [2.75, 3.05) is 6.16 Å². The summed E-state index contributed by atoms with van der Waals surface area (Å²) in [5.41, 5.74) is 0.296. The molecular formula is C6H14KP. The minimum atomic E-state index is 0. The predicted octanol–water partition coefficient (Wildman–Crippen LogP) is -0.884. The fraction of sp³-hybridized carbons (Fsp3) is 0.833. The van der Waals surface area contributed by atoms with Gasteiger partial charge in [0.05, 0.1) is 0 Å². The molecule has 0 aliphatic rings. The van der Waals surface area contributed by atoms with Gasteiger partial charge in [0, 0.05) is 0 Å². The molecule has 0 aliphatic heterocycles. The number of rotatable bonds is 2. The summed E-state index contributed by atoms with van der Waals surface area (Å²) in [6, 6.07) is 0. The summed E-state index contributed by atoms with van der Waals surface area (Å²) < 4.78 is 0. The standard InChI is InChI=1S/C6H14P.K/c1-4-6(2,3)5-7;/h2,4-5,7H2,1,3H3;/q-1;+1. The van der Waals surface area contributed by atoms with E-state index in [-0.39, 0.29) is 51.4 Å². The van der Waals surface area contributed by atoms with Gasteiger partial charge < -0.3 is 6.92 Å². The normalized spacial score (nSPS) is 16.5. The second-order valence-electron chi connectivity index (χ2n) is 2.37. The second-order valence-corrected chi connectivity index (χ2v) is 2.78. The Labute approximate surface area is 97.8 Å². The molecule has 2 unspecified atom stereocenters. The van der Waals surface area contributed by atoms with Crippen molar-refractivity contribution in [3.05, 3.63) is 6.92 Å². The van der Waals surface area contributed by atoms with E-state index >= 15 is 0 Å². The molecule has 2 atom stereocenters. The molecule has 0 aromatic rings. The van der Waals surface area contributed by atoms with E-state index in [4.69, 9.17) is 0 Å². The molecule has 0 nitrogen and oxygen atoms in total. The van der Waals surface area contributed by atoms with Gasteiger partial charge in [0.25, 0.3) is 0 Å². The topological polar surface area (TPSA) is 0 Å². The summed E-state index contributed by atoms with van der Waals surface area (Å²) >= 11 is 0. The molecule has 0 aromatic carbocycles. The smallest absolute Gasteiger partial charge is 0.337 e. The first-order chi connectivity index (χ1) is 3.12. The fourth-order valence-corrected chi connectivity index (χ4v) is 0.433. The van der Waals surface area contributed by atoms with E-state index in [1.807, 2.05) is 0 Å².